The van der Waals surface area contributed by atoms with E-state index in [9.17, 15) is 34.2 Å². The first-order valence-corrected chi connectivity index (χ1v) is 17.5. The number of rotatable bonds is 16. The molecule has 6 aromatic rings. The lowest BCUT2D eigenvalue weighted by atomic mass is 10.1. The molecule has 0 aliphatic rings. The molecule has 0 fully saturated rings. The molecule has 0 radical (unpaired) electrons. The Morgan fingerprint density at radius 1 is 0.754 bits per heavy atom. The quantitative estimate of drug-likeness (QED) is 0.0822. The number of carboxylic acids is 1. The van der Waals surface area contributed by atoms with E-state index in [1.165, 1.54) is 33.4 Å². The molecule has 0 saturated carbocycles. The van der Waals surface area contributed by atoms with E-state index in [4.69, 9.17) is 29.8 Å². The van der Waals surface area contributed by atoms with Gasteiger partial charge in [0.1, 0.15) is 35.3 Å². The Bertz CT molecular complexity index is 2580. The van der Waals surface area contributed by atoms with E-state index in [0.717, 1.165) is 0 Å². The topological polar surface area (TPSA) is 308 Å². The van der Waals surface area contributed by atoms with Crippen LogP contribution in [0.3, 0.4) is 0 Å². The number of aliphatic hydroxyl groups is 1. The number of aliphatic carboxylic acids is 1. The minimum Gasteiger partial charge on any atom is -0.489 e. The fourth-order valence-corrected chi connectivity index (χ4v) is 6.30. The Hall–Kier alpha value is -7.29. The summed E-state index contributed by atoms with van der Waals surface area (Å²) in [6.45, 7) is 6.84. The predicted octanol–water partition coefficient (Wildman–Crippen LogP) is 2.71. The van der Waals surface area contributed by atoms with Crippen LogP contribution in [0.25, 0.3) is 22.1 Å². The van der Waals surface area contributed by atoms with Crippen molar-refractivity contribution in [2.75, 3.05) is 30.5 Å². The maximum atomic E-state index is 13.9. The minimum atomic E-state index is -1.34. The second-order valence-electron chi connectivity index (χ2n) is 12.5. The molecule has 2 aromatic carbocycles. The summed E-state index contributed by atoms with van der Waals surface area (Å²) in [6, 6.07) is 5.25. The summed E-state index contributed by atoms with van der Waals surface area (Å²) in [5.74, 6) is -4.73. The number of oxazole rings is 2. The highest BCUT2D eigenvalue weighted by Gasteiger charge is 2.31. The van der Waals surface area contributed by atoms with Crippen molar-refractivity contribution >= 4 is 63.6 Å². The van der Waals surface area contributed by atoms with Crippen molar-refractivity contribution in [3.8, 4) is 11.5 Å². The number of carbonyl (C=O) groups excluding carboxylic acids is 4. The molecule has 4 amide bonds. The Labute approximate surface area is 322 Å². The zero-order chi connectivity index (χ0) is 41.3. The summed E-state index contributed by atoms with van der Waals surface area (Å²) in [7, 11) is 0. The van der Waals surface area contributed by atoms with E-state index in [1.54, 1.807) is 34.6 Å². The van der Waals surface area contributed by atoms with Crippen LogP contribution in [-0.2, 0) is 17.6 Å². The molecule has 0 aliphatic carbocycles. The number of aryl methyl sites for hydroxylation is 4. The lowest BCUT2D eigenvalue weighted by molar-refractivity contribution is -0.139. The number of aromatic nitrogens is 6. The predicted molar refractivity (Wildman–Crippen MR) is 199 cm³/mol. The summed E-state index contributed by atoms with van der Waals surface area (Å²) in [6.07, 6.45) is -0.437. The molecule has 21 nitrogen and oxygen atoms in total. The number of benzene rings is 2. The third-order valence-electron chi connectivity index (χ3n) is 8.66. The van der Waals surface area contributed by atoms with Gasteiger partial charge in [0.2, 0.25) is 35.2 Å². The highest BCUT2D eigenvalue weighted by Crippen LogP contribution is 2.39. The molecule has 6 rings (SSSR count). The zero-order valence-electron chi connectivity index (χ0n) is 31.3. The second kappa shape index (κ2) is 15.8. The van der Waals surface area contributed by atoms with Crippen molar-refractivity contribution in [3.05, 3.63) is 70.1 Å². The standard InChI is InChI=1S/C36H38N10O11/c1-6-20-29(56-15(3)39-20)33(52)43-35-41-22-10-18(31(37)50)12-24(54-9-8-47)27(22)45(35)17(5)46-28-23(11-19(32(38)51)13-25(28)55-14-26(48)49)42-36(46)44-34(53)30-21(7-2)40-16(4)57-30/h10-13,17,47H,6-9,14H2,1-5H3,(H2,37,50)(H2,38,51)(H,48,49)(H,41,43,52)(H,42,44,53). The van der Waals surface area contributed by atoms with Crippen LogP contribution in [0, 0.1) is 13.8 Å². The van der Waals surface area contributed by atoms with E-state index >= 15 is 0 Å². The number of nitrogens with one attached hydrogen (secondary N) is 2. The first-order valence-electron chi connectivity index (χ1n) is 17.5. The molecular weight excluding hydrogens is 748 g/mol. The van der Waals surface area contributed by atoms with Gasteiger partial charge in [-0.2, -0.15) is 0 Å². The normalized spacial score (nSPS) is 11.8. The molecule has 0 saturated heterocycles. The second-order valence-corrected chi connectivity index (χ2v) is 12.5. The average Bonchev–Trinajstić information content (AvgIpc) is 3.94. The third kappa shape index (κ3) is 7.67. The molecule has 4 aromatic heterocycles. The van der Waals surface area contributed by atoms with Crippen LogP contribution in [-0.4, -0.2) is 88.7 Å². The van der Waals surface area contributed by atoms with Crippen molar-refractivity contribution in [1.82, 2.24) is 29.1 Å². The molecule has 8 N–H and O–H groups in total. The SMILES string of the molecule is CCc1nc(C)oc1C(=O)Nc1nc2cc(C(N)=O)cc(OCCO)c2n1C(C)n1c(NC(=O)c2oc(C)nc2CC)nc2cc(C(N)=O)cc(OCC(=O)O)c21. The van der Waals surface area contributed by atoms with Gasteiger partial charge < -0.3 is 40.0 Å². The van der Waals surface area contributed by atoms with Gasteiger partial charge in [0.25, 0.3) is 11.8 Å². The van der Waals surface area contributed by atoms with Crippen LogP contribution in [0.15, 0.2) is 33.1 Å². The number of aliphatic hydroxyl groups excluding tert-OH is 1. The number of nitrogens with two attached hydrogens (primary N) is 2. The lowest BCUT2D eigenvalue weighted by Crippen LogP contribution is -2.24. The Morgan fingerprint density at radius 2 is 1.19 bits per heavy atom. The molecule has 1 atom stereocenters. The molecule has 21 heteroatoms. The molecule has 0 aliphatic heterocycles. The van der Waals surface area contributed by atoms with Gasteiger partial charge >= 0.3 is 5.97 Å². The van der Waals surface area contributed by atoms with Crippen molar-refractivity contribution < 1.29 is 52.5 Å². The van der Waals surface area contributed by atoms with Crippen molar-refractivity contribution in [3.63, 3.8) is 0 Å². The number of hydrogen-bond donors (Lipinski definition) is 6. The number of anilines is 2. The first-order chi connectivity index (χ1) is 27.1. The Kier molecular flexibility index (Phi) is 10.9. The zero-order valence-corrected chi connectivity index (χ0v) is 31.3. The number of ether oxygens (including phenoxy) is 2. The van der Waals surface area contributed by atoms with E-state index in [0.29, 0.717) is 24.2 Å². The van der Waals surface area contributed by atoms with E-state index in [-0.39, 0.29) is 86.5 Å². The van der Waals surface area contributed by atoms with Crippen LogP contribution < -0.4 is 31.6 Å². The van der Waals surface area contributed by atoms with Gasteiger partial charge in [-0.1, -0.05) is 13.8 Å². The van der Waals surface area contributed by atoms with Crippen LogP contribution in [0.5, 0.6) is 11.5 Å². The number of fused-ring (bicyclic) bond motifs is 2. The van der Waals surface area contributed by atoms with Crippen LogP contribution >= 0.6 is 0 Å². The summed E-state index contributed by atoms with van der Waals surface area (Å²) < 4.78 is 25.7. The molecule has 57 heavy (non-hydrogen) atoms. The van der Waals surface area contributed by atoms with Gasteiger partial charge in [-0.15, -0.1) is 0 Å². The van der Waals surface area contributed by atoms with Gasteiger partial charge in [-0.25, -0.2) is 24.7 Å². The molecule has 0 bridgehead atoms. The number of nitrogens with zero attached hydrogens (tertiary/aromatic N) is 6. The summed E-state index contributed by atoms with van der Waals surface area (Å²) in [4.78, 5) is 82.2. The van der Waals surface area contributed by atoms with Crippen LogP contribution in [0.1, 0.15) is 91.9 Å². The average molecular weight is 787 g/mol. The molecule has 1 unspecified atom stereocenters. The molecule has 298 valence electrons. The lowest BCUT2D eigenvalue weighted by Gasteiger charge is -2.23. The van der Waals surface area contributed by atoms with E-state index < -0.39 is 49.0 Å². The number of amides is 4. The van der Waals surface area contributed by atoms with E-state index in [1.807, 2.05) is 0 Å². The molecular formula is C36H38N10O11. The smallest absolute Gasteiger partial charge is 0.341 e. The van der Waals surface area contributed by atoms with Gasteiger partial charge in [-0.05, 0) is 44.0 Å². The van der Waals surface area contributed by atoms with Crippen molar-refractivity contribution in [2.24, 2.45) is 11.5 Å². The third-order valence-corrected chi connectivity index (χ3v) is 8.66. The van der Waals surface area contributed by atoms with Crippen LogP contribution in [0.2, 0.25) is 0 Å². The highest BCUT2D eigenvalue weighted by atomic mass is 16.5. The van der Waals surface area contributed by atoms with Gasteiger partial charge in [0.05, 0.1) is 29.0 Å². The largest absolute Gasteiger partial charge is 0.489 e. The Balaban J connectivity index is 1.66. The first kappa shape index (κ1) is 39.4. The van der Waals surface area contributed by atoms with Gasteiger partial charge in [-0.3, -0.25) is 38.9 Å². The summed E-state index contributed by atoms with van der Waals surface area (Å²) in [5.41, 5.74) is 12.3. The fraction of sp³-hybridized carbons (Fsp3) is 0.306. The minimum absolute atomic E-state index is 0.0109. The highest BCUT2D eigenvalue weighted by molar-refractivity contribution is 6.06. The maximum absolute atomic E-state index is 13.9. The Morgan fingerprint density at radius 3 is 1.58 bits per heavy atom. The van der Waals surface area contributed by atoms with Crippen LogP contribution in [0.4, 0.5) is 11.9 Å². The number of primary amides is 2. The van der Waals surface area contributed by atoms with Gasteiger partial charge in [0, 0.05) is 25.0 Å². The van der Waals surface area contributed by atoms with Crippen molar-refractivity contribution in [2.45, 2.75) is 53.6 Å². The maximum Gasteiger partial charge on any atom is 0.341 e. The molecule has 4 heterocycles. The molecule has 0 spiro atoms. The number of hydrogen-bond acceptors (Lipinski definition) is 14. The number of imidazole rings is 2. The number of carboxylic acid groups (broad SMARTS) is 1. The van der Waals surface area contributed by atoms with Crippen molar-refractivity contribution in [1.29, 1.82) is 0 Å². The monoisotopic (exact) mass is 786 g/mol. The summed E-state index contributed by atoms with van der Waals surface area (Å²) >= 11 is 0. The summed E-state index contributed by atoms with van der Waals surface area (Å²) in [5, 5.41) is 24.7. The van der Waals surface area contributed by atoms with Gasteiger partial charge in [0.15, 0.2) is 18.4 Å². The fourth-order valence-electron chi connectivity index (χ4n) is 6.30. The van der Waals surface area contributed by atoms with E-state index in [2.05, 4.69) is 30.6 Å². The number of carbonyl (C=O) groups is 5.